The van der Waals surface area contributed by atoms with Gasteiger partial charge in [0.1, 0.15) is 11.1 Å². The lowest BCUT2D eigenvalue weighted by Gasteiger charge is -2.52. The summed E-state index contributed by atoms with van der Waals surface area (Å²) in [5.74, 6) is 0.235. The van der Waals surface area contributed by atoms with Gasteiger partial charge in [-0.05, 0) is 19.8 Å². The van der Waals surface area contributed by atoms with Crippen LogP contribution in [0, 0.1) is 6.92 Å². The molecule has 144 valence electrons. The number of H-pyrrole nitrogens is 1. The maximum Gasteiger partial charge on any atom is 0.262 e. The SMILES string of the molecule is CC(=O)N1CCN(C(=O)c2c(C)oc3nc[nH]c(=O)c23)CC12CCCCC2. The molecule has 0 unspecified atom stereocenters. The van der Waals surface area contributed by atoms with E-state index in [1.807, 2.05) is 4.90 Å². The first-order valence-electron chi connectivity index (χ1n) is 9.47. The van der Waals surface area contributed by atoms with Gasteiger partial charge < -0.3 is 19.2 Å². The van der Waals surface area contributed by atoms with Gasteiger partial charge in [0.15, 0.2) is 0 Å². The molecule has 2 aliphatic rings. The molecule has 0 atom stereocenters. The number of aryl methyl sites for hydroxylation is 1. The van der Waals surface area contributed by atoms with Crippen LogP contribution in [0.5, 0.6) is 0 Å². The van der Waals surface area contributed by atoms with Crippen LogP contribution in [0.1, 0.15) is 55.1 Å². The molecule has 8 nitrogen and oxygen atoms in total. The van der Waals surface area contributed by atoms with E-state index in [9.17, 15) is 14.4 Å². The van der Waals surface area contributed by atoms with Crippen molar-refractivity contribution in [1.82, 2.24) is 19.8 Å². The van der Waals surface area contributed by atoms with Crippen LogP contribution in [0.3, 0.4) is 0 Å². The molecule has 1 spiro atoms. The highest BCUT2D eigenvalue weighted by molar-refractivity contribution is 6.06. The van der Waals surface area contributed by atoms with E-state index in [0.717, 1.165) is 32.1 Å². The molecule has 0 aromatic carbocycles. The molecule has 27 heavy (non-hydrogen) atoms. The zero-order valence-corrected chi connectivity index (χ0v) is 15.7. The number of furan rings is 1. The molecule has 2 aromatic heterocycles. The third-order valence-electron chi connectivity index (χ3n) is 5.99. The van der Waals surface area contributed by atoms with E-state index < -0.39 is 0 Å². The van der Waals surface area contributed by atoms with Gasteiger partial charge in [-0.1, -0.05) is 19.3 Å². The van der Waals surface area contributed by atoms with Gasteiger partial charge in [-0.15, -0.1) is 0 Å². The Kier molecular flexibility index (Phi) is 4.28. The summed E-state index contributed by atoms with van der Waals surface area (Å²) < 4.78 is 5.55. The Morgan fingerprint density at radius 1 is 1.22 bits per heavy atom. The first kappa shape index (κ1) is 17.8. The lowest BCUT2D eigenvalue weighted by Crippen LogP contribution is -2.65. The average Bonchev–Trinajstić information content (AvgIpc) is 2.98. The quantitative estimate of drug-likeness (QED) is 0.823. The number of carbonyl (C=O) groups excluding carboxylic acids is 2. The molecule has 2 fully saturated rings. The van der Waals surface area contributed by atoms with Crippen LogP contribution in [0.4, 0.5) is 0 Å². The molecule has 4 rings (SSSR count). The van der Waals surface area contributed by atoms with Crippen molar-refractivity contribution < 1.29 is 14.0 Å². The van der Waals surface area contributed by atoms with Crippen molar-refractivity contribution in [2.24, 2.45) is 0 Å². The van der Waals surface area contributed by atoms with Crippen LogP contribution in [0.25, 0.3) is 11.1 Å². The van der Waals surface area contributed by atoms with E-state index >= 15 is 0 Å². The number of aromatic amines is 1. The third-order valence-corrected chi connectivity index (χ3v) is 5.99. The second kappa shape index (κ2) is 6.51. The van der Waals surface area contributed by atoms with E-state index in [4.69, 9.17) is 4.42 Å². The Bertz CT molecular complexity index is 954. The lowest BCUT2D eigenvalue weighted by molar-refractivity contribution is -0.141. The van der Waals surface area contributed by atoms with E-state index in [2.05, 4.69) is 9.97 Å². The van der Waals surface area contributed by atoms with Crippen molar-refractivity contribution >= 4 is 22.9 Å². The van der Waals surface area contributed by atoms with Gasteiger partial charge in [-0.25, -0.2) is 4.98 Å². The first-order valence-corrected chi connectivity index (χ1v) is 9.47. The molecule has 3 heterocycles. The van der Waals surface area contributed by atoms with Crippen LogP contribution < -0.4 is 5.56 Å². The van der Waals surface area contributed by atoms with Crippen molar-refractivity contribution in [3.05, 3.63) is 28.0 Å². The minimum Gasteiger partial charge on any atom is -0.442 e. The zero-order chi connectivity index (χ0) is 19.2. The number of piperazine rings is 1. The molecule has 0 bridgehead atoms. The Hall–Kier alpha value is -2.64. The molecule has 0 radical (unpaired) electrons. The normalized spacial score (nSPS) is 19.6. The van der Waals surface area contributed by atoms with Gasteiger partial charge in [0.2, 0.25) is 11.6 Å². The van der Waals surface area contributed by atoms with Gasteiger partial charge in [0, 0.05) is 26.6 Å². The fourth-order valence-electron chi connectivity index (χ4n) is 4.75. The van der Waals surface area contributed by atoms with E-state index in [1.165, 1.54) is 6.33 Å². The summed E-state index contributed by atoms with van der Waals surface area (Å²) in [5.41, 5.74) is -0.221. The number of hydrogen-bond donors (Lipinski definition) is 1. The number of amides is 2. The molecule has 8 heteroatoms. The number of fused-ring (bicyclic) bond motifs is 1. The van der Waals surface area contributed by atoms with Crippen molar-refractivity contribution in [1.29, 1.82) is 0 Å². The second-order valence-corrected chi connectivity index (χ2v) is 7.63. The molecule has 1 saturated heterocycles. The van der Waals surface area contributed by atoms with Crippen molar-refractivity contribution in [2.75, 3.05) is 19.6 Å². The first-order chi connectivity index (χ1) is 12.9. The van der Waals surface area contributed by atoms with Crippen LogP contribution in [0.2, 0.25) is 0 Å². The summed E-state index contributed by atoms with van der Waals surface area (Å²) in [6.45, 7) is 4.74. The van der Waals surface area contributed by atoms with Crippen molar-refractivity contribution in [2.45, 2.75) is 51.5 Å². The molecular formula is C19H24N4O4. The highest BCUT2D eigenvalue weighted by Gasteiger charge is 2.45. The predicted octanol–water partition coefficient (Wildman–Crippen LogP) is 1.83. The number of nitrogens with zero attached hydrogens (tertiary/aromatic N) is 3. The second-order valence-electron chi connectivity index (χ2n) is 7.63. The third kappa shape index (κ3) is 2.83. The standard InChI is InChI=1S/C19H24N4O4/c1-12-14(15-16(25)20-11-21-17(15)27-12)18(26)22-8-9-23(13(2)24)19(10-22)6-4-3-5-7-19/h11H,3-10H2,1-2H3,(H,20,21,25). The van der Waals surface area contributed by atoms with Gasteiger partial charge in [-0.2, -0.15) is 0 Å². The summed E-state index contributed by atoms with van der Waals surface area (Å²) in [6, 6.07) is 0. The Morgan fingerprint density at radius 2 is 1.96 bits per heavy atom. The number of aromatic nitrogens is 2. The monoisotopic (exact) mass is 372 g/mol. The average molecular weight is 372 g/mol. The van der Waals surface area contributed by atoms with Crippen LogP contribution in [-0.4, -0.2) is 56.8 Å². The molecular weight excluding hydrogens is 348 g/mol. The van der Waals surface area contributed by atoms with E-state index in [-0.39, 0.29) is 39.6 Å². The van der Waals surface area contributed by atoms with Gasteiger partial charge >= 0.3 is 0 Å². The molecule has 1 saturated carbocycles. The number of nitrogens with one attached hydrogen (secondary N) is 1. The smallest absolute Gasteiger partial charge is 0.262 e. The number of hydrogen-bond acceptors (Lipinski definition) is 5. The molecule has 1 aliphatic carbocycles. The summed E-state index contributed by atoms with van der Waals surface area (Å²) >= 11 is 0. The zero-order valence-electron chi connectivity index (χ0n) is 15.7. The van der Waals surface area contributed by atoms with E-state index in [0.29, 0.717) is 25.4 Å². The summed E-state index contributed by atoms with van der Waals surface area (Å²) in [4.78, 5) is 48.1. The van der Waals surface area contributed by atoms with Crippen LogP contribution in [-0.2, 0) is 4.79 Å². The largest absolute Gasteiger partial charge is 0.442 e. The highest BCUT2D eigenvalue weighted by atomic mass is 16.3. The summed E-state index contributed by atoms with van der Waals surface area (Å²) in [5, 5.41) is 0.201. The fraction of sp³-hybridized carbons (Fsp3) is 0.579. The Balaban J connectivity index is 1.70. The topological polar surface area (TPSA) is 99.5 Å². The van der Waals surface area contributed by atoms with Crippen molar-refractivity contribution in [3.63, 3.8) is 0 Å². The summed E-state index contributed by atoms with van der Waals surface area (Å²) in [6.07, 6.45) is 6.36. The fourth-order valence-corrected chi connectivity index (χ4v) is 4.75. The molecule has 2 aromatic rings. The van der Waals surface area contributed by atoms with Crippen LogP contribution in [0.15, 0.2) is 15.5 Å². The molecule has 2 amide bonds. The Morgan fingerprint density at radius 3 is 2.67 bits per heavy atom. The minimum atomic E-state index is -0.380. The van der Waals surface area contributed by atoms with Gasteiger partial charge in [0.25, 0.3) is 11.5 Å². The number of rotatable bonds is 1. The lowest BCUT2D eigenvalue weighted by atomic mass is 9.78. The van der Waals surface area contributed by atoms with Gasteiger partial charge in [0.05, 0.1) is 17.4 Å². The van der Waals surface area contributed by atoms with Crippen LogP contribution >= 0.6 is 0 Å². The Labute approximate surface area is 156 Å². The van der Waals surface area contributed by atoms with Gasteiger partial charge in [-0.3, -0.25) is 14.4 Å². The minimum absolute atomic E-state index is 0.0644. The summed E-state index contributed by atoms with van der Waals surface area (Å²) in [7, 11) is 0. The molecule has 1 aliphatic heterocycles. The maximum atomic E-state index is 13.3. The number of carbonyl (C=O) groups is 2. The molecule has 1 N–H and O–H groups in total. The van der Waals surface area contributed by atoms with Crippen molar-refractivity contribution in [3.8, 4) is 0 Å². The predicted molar refractivity (Wildman–Crippen MR) is 98.5 cm³/mol. The van der Waals surface area contributed by atoms with E-state index in [1.54, 1.807) is 18.7 Å². The highest BCUT2D eigenvalue weighted by Crippen LogP contribution is 2.37. The maximum absolute atomic E-state index is 13.3.